The molecular weight excluding hydrogens is 188 g/mol. The average Bonchev–Trinajstić information content (AvgIpc) is 2.42. The zero-order chi connectivity index (χ0) is 11.1. The summed E-state index contributed by atoms with van der Waals surface area (Å²) >= 11 is 0. The van der Waals surface area contributed by atoms with Gasteiger partial charge in [0.2, 0.25) is 5.91 Å². The number of carbonyl (C=O) groups excluding carboxylic acids is 1. The van der Waals surface area contributed by atoms with Gasteiger partial charge in [0.25, 0.3) is 0 Å². The Labute approximate surface area is 92.3 Å². The van der Waals surface area contributed by atoms with Crippen LogP contribution in [0.2, 0.25) is 0 Å². The molecule has 0 aromatic rings. The van der Waals surface area contributed by atoms with Crippen molar-refractivity contribution in [2.75, 3.05) is 6.54 Å². The lowest BCUT2D eigenvalue weighted by atomic mass is 10.1. The molecule has 0 aromatic carbocycles. The van der Waals surface area contributed by atoms with E-state index in [0.29, 0.717) is 6.04 Å². The minimum atomic E-state index is 0.00677. The third-order valence-corrected chi connectivity index (χ3v) is 2.82. The molecule has 0 bridgehead atoms. The molecule has 15 heavy (non-hydrogen) atoms. The molecule has 1 heterocycles. The predicted molar refractivity (Wildman–Crippen MR) is 62.7 cm³/mol. The van der Waals surface area contributed by atoms with Crippen molar-refractivity contribution in [3.8, 4) is 0 Å². The lowest BCUT2D eigenvalue weighted by Crippen LogP contribution is -2.46. The fraction of sp³-hybridized carbons (Fsp3) is 0.750. The van der Waals surface area contributed by atoms with Gasteiger partial charge in [-0.1, -0.05) is 6.08 Å². The summed E-state index contributed by atoms with van der Waals surface area (Å²) < 4.78 is 0. The average molecular weight is 210 g/mol. The van der Waals surface area contributed by atoms with E-state index in [9.17, 15) is 4.79 Å². The topological polar surface area (TPSA) is 41.1 Å². The molecule has 2 N–H and O–H groups in total. The smallest absolute Gasteiger partial charge is 0.237 e. The Morgan fingerprint density at radius 3 is 3.20 bits per heavy atom. The number of nitrogens with one attached hydrogen (secondary N) is 2. The van der Waals surface area contributed by atoms with Crippen LogP contribution in [0.3, 0.4) is 0 Å². The first-order valence-corrected chi connectivity index (χ1v) is 5.88. The van der Waals surface area contributed by atoms with Gasteiger partial charge < -0.3 is 10.6 Å². The second-order valence-corrected chi connectivity index (χ2v) is 4.27. The maximum Gasteiger partial charge on any atom is 0.237 e. The van der Waals surface area contributed by atoms with Crippen LogP contribution >= 0.6 is 0 Å². The second kappa shape index (κ2) is 6.62. The number of hydrogen-bond donors (Lipinski definition) is 2. The normalized spacial score (nSPS) is 24.1. The zero-order valence-corrected chi connectivity index (χ0v) is 9.59. The van der Waals surface area contributed by atoms with Crippen LogP contribution in [0, 0.1) is 0 Å². The summed E-state index contributed by atoms with van der Waals surface area (Å²) in [5.74, 6) is 0.165. The summed E-state index contributed by atoms with van der Waals surface area (Å²) in [6, 6.07) is 0.393. The molecular formula is C12H22N2O. The van der Waals surface area contributed by atoms with Crippen LogP contribution in [0.4, 0.5) is 0 Å². The fourth-order valence-corrected chi connectivity index (χ4v) is 1.89. The van der Waals surface area contributed by atoms with Crippen LogP contribution in [0.25, 0.3) is 0 Å². The fourth-order valence-electron chi connectivity index (χ4n) is 1.89. The summed E-state index contributed by atoms with van der Waals surface area (Å²) in [5.41, 5.74) is 0. The maximum absolute atomic E-state index is 11.6. The third-order valence-electron chi connectivity index (χ3n) is 2.82. The molecule has 0 aromatic heterocycles. The van der Waals surface area contributed by atoms with Crippen molar-refractivity contribution in [2.24, 2.45) is 0 Å². The van der Waals surface area contributed by atoms with E-state index in [-0.39, 0.29) is 11.9 Å². The Morgan fingerprint density at radius 2 is 2.47 bits per heavy atom. The van der Waals surface area contributed by atoms with Crippen molar-refractivity contribution in [1.82, 2.24) is 10.6 Å². The summed E-state index contributed by atoms with van der Waals surface area (Å²) in [6.07, 6.45) is 7.17. The summed E-state index contributed by atoms with van der Waals surface area (Å²) in [7, 11) is 0. The van der Waals surface area contributed by atoms with Crippen molar-refractivity contribution in [3.05, 3.63) is 12.7 Å². The van der Waals surface area contributed by atoms with Gasteiger partial charge in [0.1, 0.15) is 0 Å². The third kappa shape index (κ3) is 4.47. The number of carbonyl (C=O) groups is 1. The first-order chi connectivity index (χ1) is 7.24. The van der Waals surface area contributed by atoms with E-state index in [1.54, 1.807) is 0 Å². The number of amides is 1. The van der Waals surface area contributed by atoms with E-state index in [1.165, 1.54) is 0 Å². The number of hydrogen-bond acceptors (Lipinski definition) is 2. The van der Waals surface area contributed by atoms with Gasteiger partial charge in [0, 0.05) is 12.6 Å². The van der Waals surface area contributed by atoms with E-state index in [1.807, 2.05) is 6.08 Å². The van der Waals surface area contributed by atoms with E-state index in [4.69, 9.17) is 0 Å². The molecule has 1 fully saturated rings. The van der Waals surface area contributed by atoms with Crippen molar-refractivity contribution in [1.29, 1.82) is 0 Å². The van der Waals surface area contributed by atoms with Crippen LogP contribution in [0.1, 0.15) is 39.0 Å². The highest BCUT2D eigenvalue weighted by molar-refractivity contribution is 5.81. The molecule has 3 heteroatoms. The van der Waals surface area contributed by atoms with Gasteiger partial charge in [-0.2, -0.15) is 0 Å². The number of rotatable bonds is 5. The van der Waals surface area contributed by atoms with Crippen LogP contribution < -0.4 is 10.6 Å². The number of allylic oxidation sites excluding steroid dienone is 1. The summed E-state index contributed by atoms with van der Waals surface area (Å²) in [4.78, 5) is 11.6. The van der Waals surface area contributed by atoms with Gasteiger partial charge in [0.05, 0.1) is 6.04 Å². The monoisotopic (exact) mass is 210 g/mol. The highest BCUT2D eigenvalue weighted by atomic mass is 16.2. The van der Waals surface area contributed by atoms with E-state index < -0.39 is 0 Å². The first kappa shape index (κ1) is 12.2. The Hall–Kier alpha value is -0.830. The standard InChI is InChI=1S/C12H22N2O/c1-3-4-7-10(2)14-11-8-5-6-9-13-12(11)15/h3,10-11,14H,1,4-9H2,2H3,(H,13,15). The van der Waals surface area contributed by atoms with Crippen molar-refractivity contribution < 1.29 is 4.79 Å². The molecule has 1 amide bonds. The highest BCUT2D eigenvalue weighted by Crippen LogP contribution is 2.07. The highest BCUT2D eigenvalue weighted by Gasteiger charge is 2.21. The molecule has 0 spiro atoms. The van der Waals surface area contributed by atoms with Crippen LogP contribution in [-0.2, 0) is 4.79 Å². The van der Waals surface area contributed by atoms with Crippen molar-refractivity contribution in [2.45, 2.75) is 51.1 Å². The van der Waals surface area contributed by atoms with Gasteiger partial charge in [-0.05, 0) is 39.0 Å². The quantitative estimate of drug-likeness (QED) is 0.677. The van der Waals surface area contributed by atoms with Gasteiger partial charge in [-0.15, -0.1) is 6.58 Å². The molecule has 1 aliphatic heterocycles. The molecule has 0 aliphatic carbocycles. The molecule has 2 unspecified atom stereocenters. The summed E-state index contributed by atoms with van der Waals surface area (Å²) in [5, 5.41) is 6.32. The van der Waals surface area contributed by atoms with Crippen LogP contribution in [0.15, 0.2) is 12.7 Å². The predicted octanol–water partition coefficient (Wildman–Crippen LogP) is 1.60. The molecule has 1 rings (SSSR count). The lowest BCUT2D eigenvalue weighted by molar-refractivity contribution is -0.123. The minimum Gasteiger partial charge on any atom is -0.355 e. The first-order valence-electron chi connectivity index (χ1n) is 5.88. The molecule has 2 atom stereocenters. The lowest BCUT2D eigenvalue weighted by Gasteiger charge is -2.20. The Kier molecular flexibility index (Phi) is 5.40. The van der Waals surface area contributed by atoms with Gasteiger partial charge in [-0.25, -0.2) is 0 Å². The zero-order valence-electron chi connectivity index (χ0n) is 9.59. The Bertz CT molecular complexity index is 216. The van der Waals surface area contributed by atoms with E-state index in [2.05, 4.69) is 24.1 Å². The van der Waals surface area contributed by atoms with Gasteiger partial charge >= 0.3 is 0 Å². The van der Waals surface area contributed by atoms with Crippen molar-refractivity contribution >= 4 is 5.91 Å². The second-order valence-electron chi connectivity index (χ2n) is 4.27. The Morgan fingerprint density at radius 1 is 1.67 bits per heavy atom. The van der Waals surface area contributed by atoms with E-state index >= 15 is 0 Å². The maximum atomic E-state index is 11.6. The molecule has 86 valence electrons. The van der Waals surface area contributed by atoms with Crippen LogP contribution in [-0.4, -0.2) is 24.5 Å². The minimum absolute atomic E-state index is 0.00677. The van der Waals surface area contributed by atoms with Gasteiger partial charge in [0.15, 0.2) is 0 Å². The molecule has 3 nitrogen and oxygen atoms in total. The van der Waals surface area contributed by atoms with Gasteiger partial charge in [-0.3, -0.25) is 4.79 Å². The Balaban J connectivity index is 2.33. The largest absolute Gasteiger partial charge is 0.355 e. The molecule has 0 saturated carbocycles. The van der Waals surface area contributed by atoms with E-state index in [0.717, 1.165) is 38.6 Å². The molecule has 1 saturated heterocycles. The van der Waals surface area contributed by atoms with Crippen molar-refractivity contribution in [3.63, 3.8) is 0 Å². The molecule has 1 aliphatic rings. The molecule has 0 radical (unpaired) electrons. The summed E-state index contributed by atoms with van der Waals surface area (Å²) in [6.45, 7) is 6.66. The van der Waals surface area contributed by atoms with Crippen LogP contribution in [0.5, 0.6) is 0 Å². The SMILES string of the molecule is C=CCCC(C)NC1CCCCNC1=O.